The number of fused-ring (bicyclic) bond motifs is 3. The van der Waals surface area contributed by atoms with Gasteiger partial charge in [0.05, 0.1) is 6.54 Å². The molecule has 3 aliphatic rings. The molecule has 30 heavy (non-hydrogen) atoms. The quantitative estimate of drug-likeness (QED) is 0.760. The minimum absolute atomic E-state index is 0.203. The molecule has 3 heterocycles. The van der Waals surface area contributed by atoms with Gasteiger partial charge in [-0.2, -0.15) is 0 Å². The summed E-state index contributed by atoms with van der Waals surface area (Å²) < 4.78 is 29.5. The van der Waals surface area contributed by atoms with Crippen LogP contribution in [0.2, 0.25) is 0 Å². The molecule has 0 saturated carbocycles. The van der Waals surface area contributed by atoms with Gasteiger partial charge in [0.25, 0.3) is 5.91 Å². The van der Waals surface area contributed by atoms with E-state index in [1.165, 1.54) is 0 Å². The second-order valence-electron chi connectivity index (χ2n) is 8.72. The van der Waals surface area contributed by atoms with Crippen molar-refractivity contribution in [2.45, 2.75) is 76.9 Å². The number of hydrogen-bond donors (Lipinski definition) is 2. The first-order valence-electron chi connectivity index (χ1n) is 10.0. The van der Waals surface area contributed by atoms with Gasteiger partial charge in [0.1, 0.15) is 18.3 Å². The number of benzene rings is 1. The number of hydrogen-bond acceptors (Lipinski definition) is 7. The number of nitrogens with one attached hydrogen (secondary N) is 2. The number of ether oxygens (including phenoxy) is 5. The Bertz CT molecular complexity index is 823. The maximum Gasteiger partial charge on any atom is 0.252 e. The molecule has 2 N–H and O–H groups in total. The maximum absolute atomic E-state index is 12.9. The molecule has 0 aliphatic carbocycles. The van der Waals surface area contributed by atoms with E-state index in [1.807, 2.05) is 19.1 Å². The van der Waals surface area contributed by atoms with Crippen LogP contribution in [0.5, 0.6) is 0 Å². The lowest BCUT2D eigenvalue weighted by Crippen LogP contribution is -2.59. The highest BCUT2D eigenvalue weighted by Gasteiger charge is 2.62. The zero-order chi connectivity index (χ0) is 21.7. The Morgan fingerprint density at radius 2 is 1.50 bits per heavy atom. The molecule has 3 fully saturated rings. The van der Waals surface area contributed by atoms with E-state index >= 15 is 0 Å². The predicted octanol–water partition coefficient (Wildman–Crippen LogP) is 1.45. The second-order valence-corrected chi connectivity index (χ2v) is 8.72. The van der Waals surface area contributed by atoms with E-state index in [0.29, 0.717) is 5.69 Å². The van der Waals surface area contributed by atoms with Gasteiger partial charge in [-0.1, -0.05) is 17.7 Å². The minimum Gasteiger partial charge on any atom is -0.345 e. The van der Waals surface area contributed by atoms with E-state index in [4.69, 9.17) is 23.7 Å². The lowest BCUT2D eigenvalue weighted by atomic mass is 9.98. The number of carbonyl (C=O) groups excluding carboxylic acids is 2. The van der Waals surface area contributed by atoms with Gasteiger partial charge in [-0.3, -0.25) is 9.59 Å². The smallest absolute Gasteiger partial charge is 0.252 e. The molecule has 9 heteroatoms. The number of aryl methyl sites for hydroxylation is 1. The Morgan fingerprint density at radius 3 is 2.20 bits per heavy atom. The summed E-state index contributed by atoms with van der Waals surface area (Å²) in [5.74, 6) is -2.58. The van der Waals surface area contributed by atoms with E-state index in [2.05, 4.69) is 10.6 Å². The van der Waals surface area contributed by atoms with Crippen molar-refractivity contribution in [1.82, 2.24) is 5.32 Å². The van der Waals surface area contributed by atoms with Crippen LogP contribution < -0.4 is 10.6 Å². The number of carbonyl (C=O) groups is 2. The van der Waals surface area contributed by atoms with Crippen LogP contribution in [0.4, 0.5) is 5.69 Å². The Morgan fingerprint density at radius 1 is 0.900 bits per heavy atom. The number of anilines is 1. The first-order valence-corrected chi connectivity index (χ1v) is 10.0. The lowest BCUT2D eigenvalue weighted by molar-refractivity contribution is -0.231. The van der Waals surface area contributed by atoms with E-state index < -0.39 is 48.2 Å². The second kappa shape index (κ2) is 7.58. The Balaban J connectivity index is 1.40. The number of amides is 2. The van der Waals surface area contributed by atoms with Gasteiger partial charge in [0.2, 0.25) is 5.91 Å². The highest BCUT2D eigenvalue weighted by Crippen LogP contribution is 2.44. The summed E-state index contributed by atoms with van der Waals surface area (Å²) in [7, 11) is 0. The molecule has 0 radical (unpaired) electrons. The van der Waals surface area contributed by atoms with Crippen LogP contribution in [-0.2, 0) is 33.3 Å². The zero-order valence-electron chi connectivity index (χ0n) is 17.8. The van der Waals surface area contributed by atoms with E-state index in [0.717, 1.165) is 5.56 Å². The van der Waals surface area contributed by atoms with Gasteiger partial charge in [-0.05, 0) is 46.8 Å². The van der Waals surface area contributed by atoms with E-state index in [1.54, 1.807) is 39.8 Å². The van der Waals surface area contributed by atoms with Crippen molar-refractivity contribution in [1.29, 1.82) is 0 Å². The molecule has 1 aromatic rings. The molecular formula is C21H28N2O7. The van der Waals surface area contributed by atoms with Crippen molar-refractivity contribution in [3.05, 3.63) is 29.8 Å². The van der Waals surface area contributed by atoms with Gasteiger partial charge in [-0.15, -0.1) is 0 Å². The summed E-state index contributed by atoms with van der Waals surface area (Å²) in [6, 6.07) is 7.39. The molecule has 4 rings (SSSR count). The third kappa shape index (κ3) is 4.35. The molecule has 0 aromatic heterocycles. The van der Waals surface area contributed by atoms with Crippen LogP contribution >= 0.6 is 0 Å². The predicted molar refractivity (Wildman–Crippen MR) is 105 cm³/mol. The third-order valence-electron chi connectivity index (χ3n) is 5.17. The molecule has 0 bridgehead atoms. The minimum atomic E-state index is -0.998. The fraction of sp³-hybridized carbons (Fsp3) is 0.619. The molecule has 3 saturated heterocycles. The highest BCUT2D eigenvalue weighted by molar-refractivity contribution is 5.95. The topological polar surface area (TPSA) is 104 Å². The summed E-state index contributed by atoms with van der Waals surface area (Å²) in [4.78, 5) is 25.1. The van der Waals surface area contributed by atoms with Gasteiger partial charge in [0, 0.05) is 5.69 Å². The molecule has 2 amide bonds. The van der Waals surface area contributed by atoms with Crippen molar-refractivity contribution < 1.29 is 33.3 Å². The van der Waals surface area contributed by atoms with Gasteiger partial charge in [-0.25, -0.2) is 0 Å². The zero-order valence-corrected chi connectivity index (χ0v) is 17.8. The monoisotopic (exact) mass is 420 g/mol. The first-order chi connectivity index (χ1) is 14.0. The standard InChI is InChI=1S/C21H28N2O7/c1-11-6-8-12(9-7-11)23-13(24)10-22-18(25)16-14-15(28-20(2,3)27-14)17-19(26-16)30-21(4,5)29-17/h6-9,14-17,19H,10H2,1-5H3,(H,22,25)(H,23,24)/t14-,15-,16+,17-,19+/m0/s1. The van der Waals surface area contributed by atoms with Crippen molar-refractivity contribution in [2.75, 3.05) is 11.9 Å². The van der Waals surface area contributed by atoms with Crippen LogP contribution in [0.25, 0.3) is 0 Å². The third-order valence-corrected chi connectivity index (χ3v) is 5.17. The van der Waals surface area contributed by atoms with Crippen LogP contribution in [0.1, 0.15) is 33.3 Å². The molecule has 3 aliphatic heterocycles. The molecular weight excluding hydrogens is 392 g/mol. The van der Waals surface area contributed by atoms with Crippen LogP contribution in [-0.4, -0.2) is 60.6 Å². The summed E-state index contributed by atoms with van der Waals surface area (Å²) >= 11 is 0. The SMILES string of the molecule is Cc1ccc(NC(=O)CNC(=O)[C@@H]2O[C@@H]3OC(C)(C)O[C@H]3[C@H]3OC(C)(C)O[C@@H]32)cc1. The highest BCUT2D eigenvalue weighted by atomic mass is 16.9. The van der Waals surface area contributed by atoms with E-state index in [9.17, 15) is 9.59 Å². The summed E-state index contributed by atoms with van der Waals surface area (Å²) in [6.45, 7) is 8.84. The molecule has 9 nitrogen and oxygen atoms in total. The van der Waals surface area contributed by atoms with Crippen molar-refractivity contribution in [2.24, 2.45) is 0 Å². The fourth-order valence-corrected chi connectivity index (χ4v) is 3.93. The average molecular weight is 420 g/mol. The average Bonchev–Trinajstić information content (AvgIpc) is 3.14. The molecule has 164 valence electrons. The van der Waals surface area contributed by atoms with Gasteiger partial charge < -0.3 is 34.3 Å². The molecule has 1 aromatic carbocycles. The Hall–Kier alpha value is -2.04. The van der Waals surface area contributed by atoms with Crippen LogP contribution in [0, 0.1) is 6.92 Å². The van der Waals surface area contributed by atoms with Gasteiger partial charge in [0.15, 0.2) is 24.0 Å². The largest absolute Gasteiger partial charge is 0.345 e. The molecule has 0 spiro atoms. The summed E-state index contributed by atoms with van der Waals surface area (Å²) in [5, 5.41) is 5.36. The van der Waals surface area contributed by atoms with Crippen molar-refractivity contribution >= 4 is 17.5 Å². The normalized spacial score (nSPS) is 33.4. The summed E-state index contributed by atoms with van der Waals surface area (Å²) in [5.41, 5.74) is 1.75. The molecule has 0 unspecified atom stereocenters. The van der Waals surface area contributed by atoms with Crippen molar-refractivity contribution in [3.8, 4) is 0 Å². The molecule has 5 atom stereocenters. The number of rotatable bonds is 4. The lowest BCUT2D eigenvalue weighted by Gasteiger charge is -2.36. The van der Waals surface area contributed by atoms with Gasteiger partial charge >= 0.3 is 0 Å². The van der Waals surface area contributed by atoms with E-state index in [-0.39, 0.29) is 12.5 Å². The fourth-order valence-electron chi connectivity index (χ4n) is 3.93. The van der Waals surface area contributed by atoms with Crippen LogP contribution in [0.3, 0.4) is 0 Å². The maximum atomic E-state index is 12.9. The Labute approximate surface area is 175 Å². The first kappa shape index (κ1) is 21.2. The van der Waals surface area contributed by atoms with Crippen molar-refractivity contribution in [3.63, 3.8) is 0 Å². The van der Waals surface area contributed by atoms with Crippen LogP contribution in [0.15, 0.2) is 24.3 Å². The summed E-state index contributed by atoms with van der Waals surface area (Å²) in [6.07, 6.45) is -3.49. The Kier molecular flexibility index (Phi) is 5.36.